The van der Waals surface area contributed by atoms with Crippen molar-refractivity contribution >= 4 is 49.2 Å². The first-order valence-corrected chi connectivity index (χ1v) is 19.7. The molecule has 2 radical (unpaired) electrons. The SMILES string of the molecule is [B]NCCOCCOCCC(=O)NCc1cccc2c1CN(C(=O)C[C@@H]1C[C@@H](C(=O)NCC(=O)N3CC(F)(F)CC3C(=O)C(=O)NCc3ccc(OC)c(OC)c3)NC1=O)C2. The van der Waals surface area contributed by atoms with E-state index in [-0.39, 0.29) is 57.3 Å². The van der Waals surface area contributed by atoms with Crippen LogP contribution < -0.4 is 36.0 Å². The number of carbonyl (C=O) groups excluding carboxylic acids is 7. The quantitative estimate of drug-likeness (QED) is 0.0569. The van der Waals surface area contributed by atoms with Crippen molar-refractivity contribution in [3.8, 4) is 11.5 Å². The van der Waals surface area contributed by atoms with Crippen LogP contribution in [0.1, 0.15) is 47.9 Å². The van der Waals surface area contributed by atoms with Gasteiger partial charge in [0.15, 0.2) is 19.5 Å². The highest BCUT2D eigenvalue weighted by atomic mass is 19.3. The summed E-state index contributed by atoms with van der Waals surface area (Å²) in [6.07, 6.45) is -1.17. The van der Waals surface area contributed by atoms with Crippen LogP contribution in [0.4, 0.5) is 8.78 Å². The summed E-state index contributed by atoms with van der Waals surface area (Å²) in [7, 11) is 8.04. The number of rotatable bonds is 22. The van der Waals surface area contributed by atoms with Gasteiger partial charge < -0.3 is 55.2 Å². The normalized spacial score (nSPS) is 18.9. The number of alkyl halides is 2. The maximum absolute atomic E-state index is 14.5. The molecule has 0 aliphatic carbocycles. The molecule has 61 heavy (non-hydrogen) atoms. The summed E-state index contributed by atoms with van der Waals surface area (Å²) in [6, 6.07) is 7.47. The Labute approximate surface area is 352 Å². The van der Waals surface area contributed by atoms with E-state index in [1.807, 2.05) is 18.2 Å². The molecule has 5 N–H and O–H groups in total. The van der Waals surface area contributed by atoms with E-state index in [1.54, 1.807) is 23.1 Å². The van der Waals surface area contributed by atoms with E-state index in [1.165, 1.54) is 14.2 Å². The third-order valence-electron chi connectivity index (χ3n) is 10.5. The fraction of sp³-hybridized carbons (Fsp3) is 0.525. The molecule has 5 rings (SSSR count). The van der Waals surface area contributed by atoms with E-state index in [0.717, 1.165) is 16.7 Å². The number of ketones is 1. The van der Waals surface area contributed by atoms with Crippen molar-refractivity contribution in [3.05, 3.63) is 58.7 Å². The van der Waals surface area contributed by atoms with Crippen molar-refractivity contribution < 1.29 is 61.3 Å². The standard InChI is InChI=1S/C40H50BF2N7O11/c1-58-31-7-6-24(14-32(31)59-2)18-45-39(57)36(54)30-17-40(42,43)23-50(30)35(53)20-46-38(56)29-15-27(37(55)48-29)16-34(52)49-21-26-5-3-4-25(28(26)22-49)19-44-33(51)8-10-60-12-13-61-11-9-47-41/h3-7,14,27,29-30,47H,8-13,15-23H2,1-2H3,(H,44,51)(H,45,57)(H,46,56)(H,48,55)/t27-,29-,30?/m0/s1. The minimum absolute atomic E-state index is 0.0612. The van der Waals surface area contributed by atoms with E-state index in [2.05, 4.69) is 26.5 Å². The highest BCUT2D eigenvalue weighted by Gasteiger charge is 2.51. The molecule has 3 aliphatic heterocycles. The molecule has 2 fully saturated rings. The molecule has 18 nitrogen and oxygen atoms in total. The number of fused-ring (bicyclic) bond motifs is 1. The van der Waals surface area contributed by atoms with Crippen LogP contribution in [0.5, 0.6) is 11.5 Å². The number of nitrogens with zero attached hydrogens (tertiary/aromatic N) is 2. The Morgan fingerprint density at radius 2 is 1.66 bits per heavy atom. The molecule has 3 heterocycles. The summed E-state index contributed by atoms with van der Waals surface area (Å²) in [6.45, 7) is 0.667. The first-order chi connectivity index (χ1) is 29.2. The lowest BCUT2D eigenvalue weighted by Crippen LogP contribution is -2.51. The fourth-order valence-electron chi connectivity index (χ4n) is 7.27. The number of amides is 6. The van der Waals surface area contributed by atoms with Crippen molar-refractivity contribution in [2.24, 2.45) is 5.92 Å². The number of Topliss-reactive ketones (excluding diaryl/α,β-unsaturated/α-hetero) is 1. The van der Waals surface area contributed by atoms with E-state index in [4.69, 9.17) is 26.9 Å². The van der Waals surface area contributed by atoms with E-state index < -0.39 is 72.8 Å². The predicted molar refractivity (Wildman–Crippen MR) is 212 cm³/mol. The molecular weight excluding hydrogens is 803 g/mol. The Kier molecular flexibility index (Phi) is 16.5. The minimum Gasteiger partial charge on any atom is -0.493 e. The van der Waals surface area contributed by atoms with Crippen LogP contribution in [-0.2, 0) is 69.2 Å². The number of likely N-dealkylation sites (tertiary alicyclic amines) is 1. The topological polar surface area (TPSA) is 223 Å². The van der Waals surface area contributed by atoms with Crippen LogP contribution in [0.3, 0.4) is 0 Å². The van der Waals surface area contributed by atoms with Crippen LogP contribution in [-0.4, -0.2) is 137 Å². The van der Waals surface area contributed by atoms with Gasteiger partial charge in [0.1, 0.15) is 12.1 Å². The number of hydrogen-bond donors (Lipinski definition) is 5. The predicted octanol–water partition coefficient (Wildman–Crippen LogP) is -0.609. The number of ether oxygens (including phenoxy) is 4. The molecule has 0 aromatic heterocycles. The van der Waals surface area contributed by atoms with Gasteiger partial charge in [0.05, 0.1) is 53.7 Å². The molecule has 0 spiro atoms. The molecule has 1 unspecified atom stereocenters. The molecule has 0 saturated carbocycles. The molecule has 6 amide bonds. The second-order valence-electron chi connectivity index (χ2n) is 14.8. The lowest BCUT2D eigenvalue weighted by Gasteiger charge is -2.23. The summed E-state index contributed by atoms with van der Waals surface area (Å²) in [5.41, 5.74) is 3.17. The molecule has 2 saturated heterocycles. The van der Waals surface area contributed by atoms with Gasteiger partial charge in [-0.2, -0.15) is 0 Å². The van der Waals surface area contributed by atoms with Gasteiger partial charge in [-0.1, -0.05) is 24.3 Å². The first kappa shape index (κ1) is 46.4. The van der Waals surface area contributed by atoms with Crippen LogP contribution in [0.2, 0.25) is 0 Å². The molecule has 2 aromatic carbocycles. The largest absolute Gasteiger partial charge is 0.493 e. The Morgan fingerprint density at radius 1 is 0.902 bits per heavy atom. The number of nitrogens with one attached hydrogen (secondary N) is 5. The zero-order valence-corrected chi connectivity index (χ0v) is 34.0. The minimum atomic E-state index is -3.47. The van der Waals surface area contributed by atoms with Crippen LogP contribution in [0.25, 0.3) is 0 Å². The third kappa shape index (κ3) is 12.7. The Balaban J connectivity index is 1.05. The summed E-state index contributed by atoms with van der Waals surface area (Å²) in [5.74, 6) is -8.80. The van der Waals surface area contributed by atoms with Gasteiger partial charge in [-0.05, 0) is 40.8 Å². The van der Waals surface area contributed by atoms with Crippen molar-refractivity contribution in [3.63, 3.8) is 0 Å². The second-order valence-corrected chi connectivity index (χ2v) is 14.8. The third-order valence-corrected chi connectivity index (χ3v) is 10.5. The van der Waals surface area contributed by atoms with Crippen molar-refractivity contribution in [2.45, 2.75) is 69.9 Å². The van der Waals surface area contributed by atoms with E-state index in [9.17, 15) is 42.3 Å². The van der Waals surface area contributed by atoms with Gasteiger partial charge in [0.25, 0.3) is 11.8 Å². The summed E-state index contributed by atoms with van der Waals surface area (Å²) < 4.78 is 50.2. The Hall–Kier alpha value is -5.67. The molecule has 2 aromatic rings. The van der Waals surface area contributed by atoms with E-state index >= 15 is 0 Å². The molecule has 0 bridgehead atoms. The number of benzene rings is 2. The average Bonchev–Trinajstić information content (AvgIpc) is 3.95. The number of halogens is 2. The highest BCUT2D eigenvalue weighted by Crippen LogP contribution is 2.33. The first-order valence-electron chi connectivity index (χ1n) is 19.7. The Bertz CT molecular complexity index is 1960. The van der Waals surface area contributed by atoms with Crippen molar-refractivity contribution in [1.82, 2.24) is 36.3 Å². The van der Waals surface area contributed by atoms with Crippen LogP contribution >= 0.6 is 0 Å². The Morgan fingerprint density at radius 3 is 2.39 bits per heavy atom. The van der Waals surface area contributed by atoms with Gasteiger partial charge >= 0.3 is 0 Å². The number of hydrogen-bond acceptors (Lipinski definition) is 12. The van der Waals surface area contributed by atoms with Gasteiger partial charge in [-0.15, -0.1) is 0 Å². The smallest absolute Gasteiger partial charge is 0.289 e. The van der Waals surface area contributed by atoms with Gasteiger partial charge in [-0.25, -0.2) is 8.78 Å². The zero-order valence-electron chi connectivity index (χ0n) is 34.0. The summed E-state index contributed by atoms with van der Waals surface area (Å²) in [5, 5.41) is 12.6. The summed E-state index contributed by atoms with van der Waals surface area (Å²) in [4.78, 5) is 92.8. The maximum Gasteiger partial charge on any atom is 0.289 e. The average molecular weight is 854 g/mol. The van der Waals surface area contributed by atoms with Gasteiger partial charge in [0.2, 0.25) is 35.3 Å². The lowest BCUT2D eigenvalue weighted by atomic mass is 10.00. The lowest BCUT2D eigenvalue weighted by molar-refractivity contribution is -0.144. The fourth-order valence-corrected chi connectivity index (χ4v) is 7.27. The molecule has 328 valence electrons. The highest BCUT2D eigenvalue weighted by molar-refractivity contribution is 6.38. The molecule has 3 aliphatic rings. The maximum atomic E-state index is 14.5. The molecule has 21 heteroatoms. The van der Waals surface area contributed by atoms with Gasteiger partial charge in [0, 0.05) is 57.9 Å². The number of carbonyl (C=O) groups is 7. The van der Waals surface area contributed by atoms with Crippen LogP contribution in [0.15, 0.2) is 36.4 Å². The second kappa shape index (κ2) is 21.7. The van der Waals surface area contributed by atoms with Crippen molar-refractivity contribution in [1.29, 1.82) is 0 Å². The molecule has 3 atom stereocenters. The monoisotopic (exact) mass is 853 g/mol. The summed E-state index contributed by atoms with van der Waals surface area (Å²) >= 11 is 0. The van der Waals surface area contributed by atoms with Gasteiger partial charge in [-0.3, -0.25) is 33.6 Å². The van der Waals surface area contributed by atoms with Crippen LogP contribution in [0, 0.1) is 5.92 Å². The number of methoxy groups -OCH3 is 2. The van der Waals surface area contributed by atoms with Crippen molar-refractivity contribution in [2.75, 3.05) is 60.3 Å². The van der Waals surface area contributed by atoms with E-state index in [0.29, 0.717) is 54.9 Å². The molecular formula is C40H50BF2N7O11. The zero-order chi connectivity index (χ0) is 44.1.